The molecule has 2 rings (SSSR count). The Labute approximate surface area is 154 Å². The van der Waals surface area contributed by atoms with Gasteiger partial charge in [0.25, 0.3) is 0 Å². The van der Waals surface area contributed by atoms with E-state index in [-0.39, 0.29) is 22.8 Å². The molecular weight excluding hydrogens is 354 g/mol. The van der Waals surface area contributed by atoms with Crippen molar-refractivity contribution in [2.75, 3.05) is 20.7 Å². The topological polar surface area (TPSA) is 72.9 Å². The average molecular weight is 377 g/mol. The molecule has 0 bridgehead atoms. The number of nitrogens with zero attached hydrogens (tertiary/aromatic N) is 1. The second-order valence-corrected chi connectivity index (χ2v) is 7.80. The van der Waals surface area contributed by atoms with E-state index in [1.807, 2.05) is 37.3 Å². The molecule has 0 N–H and O–H groups in total. The van der Waals surface area contributed by atoms with Crippen LogP contribution in [0.15, 0.2) is 53.4 Å². The Hall–Kier alpha value is -2.38. The normalized spacial score (nSPS) is 11.4. The molecule has 0 saturated heterocycles. The molecule has 0 atom stereocenters. The van der Waals surface area contributed by atoms with Crippen LogP contribution < -0.4 is 4.74 Å². The number of carbonyl (C=O) groups excluding carboxylic acids is 1. The first kappa shape index (κ1) is 19.9. The Kier molecular flexibility index (Phi) is 6.76. The number of benzene rings is 2. The van der Waals surface area contributed by atoms with E-state index >= 15 is 0 Å². The first-order valence-corrected chi connectivity index (χ1v) is 9.69. The zero-order chi connectivity index (χ0) is 19.2. The fourth-order valence-corrected chi connectivity index (χ4v) is 3.70. The summed E-state index contributed by atoms with van der Waals surface area (Å²) in [7, 11) is -0.925. The first-order valence-electron chi connectivity index (χ1n) is 8.25. The molecule has 0 amide bonds. The van der Waals surface area contributed by atoms with E-state index in [0.717, 1.165) is 5.56 Å². The molecule has 0 saturated carbocycles. The van der Waals surface area contributed by atoms with Gasteiger partial charge in [-0.1, -0.05) is 37.3 Å². The number of carbonyl (C=O) groups is 1. The van der Waals surface area contributed by atoms with Crippen LogP contribution in [0.1, 0.15) is 29.3 Å². The van der Waals surface area contributed by atoms with Gasteiger partial charge < -0.3 is 9.47 Å². The van der Waals surface area contributed by atoms with Crippen LogP contribution in [-0.4, -0.2) is 39.4 Å². The number of esters is 1. The number of methoxy groups -OCH3 is 1. The molecule has 0 spiro atoms. The monoisotopic (exact) mass is 377 g/mol. The molecule has 2 aromatic carbocycles. The summed E-state index contributed by atoms with van der Waals surface area (Å²) in [6, 6.07) is 13.7. The van der Waals surface area contributed by atoms with Crippen molar-refractivity contribution in [1.82, 2.24) is 4.31 Å². The minimum Gasteiger partial charge on any atom is -0.488 e. The van der Waals surface area contributed by atoms with Crippen molar-refractivity contribution in [1.29, 1.82) is 0 Å². The summed E-state index contributed by atoms with van der Waals surface area (Å²) in [6.07, 6.45) is 0.692. The van der Waals surface area contributed by atoms with Crippen LogP contribution in [-0.2, 0) is 21.4 Å². The highest BCUT2D eigenvalue weighted by Gasteiger charge is 2.24. The molecule has 0 fully saturated rings. The Balaban J connectivity index is 2.34. The lowest BCUT2D eigenvalue weighted by molar-refractivity contribution is 0.0595. The molecule has 6 nitrogen and oxygen atoms in total. The smallest absolute Gasteiger partial charge is 0.341 e. The fraction of sp³-hybridized carbons (Fsp3) is 0.316. The predicted molar refractivity (Wildman–Crippen MR) is 98.7 cm³/mol. The lowest BCUT2D eigenvalue weighted by Crippen LogP contribution is -2.27. The lowest BCUT2D eigenvalue weighted by atomic mass is 10.2. The first-order chi connectivity index (χ1) is 12.4. The van der Waals surface area contributed by atoms with Crippen molar-refractivity contribution in [3.63, 3.8) is 0 Å². The van der Waals surface area contributed by atoms with E-state index in [2.05, 4.69) is 0 Å². The SMILES string of the molecule is CCCN(C)S(=O)(=O)c1ccc(OCc2ccccc2)c(C(=O)OC)c1. The standard InChI is InChI=1S/C19H23NO5S/c1-4-12-20(2)26(22,23)16-10-11-18(17(13-16)19(21)24-3)25-14-15-8-6-5-7-9-15/h5-11,13H,4,12,14H2,1-3H3. The van der Waals surface area contributed by atoms with Gasteiger partial charge in [-0.3, -0.25) is 0 Å². The zero-order valence-electron chi connectivity index (χ0n) is 15.1. The maximum Gasteiger partial charge on any atom is 0.341 e. The highest BCUT2D eigenvalue weighted by molar-refractivity contribution is 7.89. The minimum atomic E-state index is -3.68. The van der Waals surface area contributed by atoms with Gasteiger partial charge in [-0.05, 0) is 30.2 Å². The number of hydrogen-bond acceptors (Lipinski definition) is 5. The van der Waals surface area contributed by atoms with Gasteiger partial charge in [0.2, 0.25) is 10.0 Å². The molecule has 2 aromatic rings. The van der Waals surface area contributed by atoms with Gasteiger partial charge in [-0.2, -0.15) is 0 Å². The summed E-state index contributed by atoms with van der Waals surface area (Å²) in [4.78, 5) is 12.1. The third-order valence-corrected chi connectivity index (χ3v) is 5.69. The Morgan fingerprint density at radius 1 is 1.12 bits per heavy atom. The van der Waals surface area contributed by atoms with Gasteiger partial charge >= 0.3 is 5.97 Å². The maximum absolute atomic E-state index is 12.6. The second kappa shape index (κ2) is 8.82. The van der Waals surface area contributed by atoms with E-state index < -0.39 is 16.0 Å². The van der Waals surface area contributed by atoms with Crippen LogP contribution in [0.2, 0.25) is 0 Å². The largest absolute Gasteiger partial charge is 0.488 e. The summed E-state index contributed by atoms with van der Waals surface area (Å²) >= 11 is 0. The summed E-state index contributed by atoms with van der Waals surface area (Å²) in [6.45, 7) is 2.54. The van der Waals surface area contributed by atoms with Crippen LogP contribution in [0.5, 0.6) is 5.75 Å². The van der Waals surface area contributed by atoms with Crippen molar-refractivity contribution >= 4 is 16.0 Å². The second-order valence-electron chi connectivity index (χ2n) is 5.75. The zero-order valence-corrected chi connectivity index (χ0v) is 16.0. The third-order valence-electron chi connectivity index (χ3n) is 3.84. The molecule has 26 heavy (non-hydrogen) atoms. The minimum absolute atomic E-state index is 0.0286. The van der Waals surface area contributed by atoms with Crippen LogP contribution >= 0.6 is 0 Å². The number of ether oxygens (including phenoxy) is 2. The van der Waals surface area contributed by atoms with Gasteiger partial charge in [0.05, 0.1) is 12.0 Å². The molecule has 140 valence electrons. The van der Waals surface area contributed by atoms with E-state index in [1.54, 1.807) is 0 Å². The van der Waals surface area contributed by atoms with Crippen LogP contribution in [0.3, 0.4) is 0 Å². The molecule has 0 heterocycles. The number of sulfonamides is 1. The molecule has 7 heteroatoms. The molecule has 0 unspecified atom stereocenters. The highest BCUT2D eigenvalue weighted by Crippen LogP contribution is 2.26. The van der Waals surface area contributed by atoms with E-state index in [1.165, 1.54) is 36.7 Å². The number of hydrogen-bond donors (Lipinski definition) is 0. The van der Waals surface area contributed by atoms with Crippen molar-refractivity contribution in [2.45, 2.75) is 24.8 Å². The van der Waals surface area contributed by atoms with Gasteiger partial charge in [0.15, 0.2) is 0 Å². The Morgan fingerprint density at radius 3 is 2.42 bits per heavy atom. The van der Waals surface area contributed by atoms with Crippen molar-refractivity contribution < 1.29 is 22.7 Å². The Bertz CT molecular complexity index is 849. The van der Waals surface area contributed by atoms with Crippen LogP contribution in [0.25, 0.3) is 0 Å². The molecule has 0 aliphatic heterocycles. The summed E-state index contributed by atoms with van der Waals surface area (Å²) < 4.78 is 37.0. The highest BCUT2D eigenvalue weighted by atomic mass is 32.2. The Morgan fingerprint density at radius 2 is 1.81 bits per heavy atom. The van der Waals surface area contributed by atoms with Gasteiger partial charge in [-0.25, -0.2) is 17.5 Å². The molecule has 0 aliphatic carbocycles. The predicted octanol–water partition coefficient (Wildman–Crippen LogP) is 3.08. The maximum atomic E-state index is 12.6. The van der Waals surface area contributed by atoms with Crippen LogP contribution in [0, 0.1) is 0 Å². The third kappa shape index (κ3) is 4.62. The average Bonchev–Trinajstić information content (AvgIpc) is 2.66. The molecule has 0 aliphatic rings. The molecular formula is C19H23NO5S. The lowest BCUT2D eigenvalue weighted by Gasteiger charge is -2.18. The fourth-order valence-electron chi connectivity index (χ4n) is 2.42. The van der Waals surface area contributed by atoms with Gasteiger partial charge in [0.1, 0.15) is 17.9 Å². The summed E-state index contributed by atoms with van der Waals surface area (Å²) in [5.74, 6) is -0.374. The van der Waals surface area contributed by atoms with Crippen molar-refractivity contribution in [3.05, 3.63) is 59.7 Å². The number of rotatable bonds is 8. The van der Waals surface area contributed by atoms with Crippen molar-refractivity contribution in [2.24, 2.45) is 0 Å². The van der Waals surface area contributed by atoms with E-state index in [4.69, 9.17) is 9.47 Å². The van der Waals surface area contributed by atoms with Crippen molar-refractivity contribution in [3.8, 4) is 5.75 Å². The summed E-state index contributed by atoms with van der Waals surface area (Å²) in [5.41, 5.74) is 1.01. The van der Waals surface area contributed by atoms with Gasteiger partial charge in [-0.15, -0.1) is 0 Å². The molecule has 0 aromatic heterocycles. The quantitative estimate of drug-likeness (QED) is 0.661. The van der Waals surface area contributed by atoms with E-state index in [0.29, 0.717) is 13.0 Å². The van der Waals surface area contributed by atoms with E-state index in [9.17, 15) is 13.2 Å². The summed E-state index contributed by atoms with van der Waals surface area (Å²) in [5, 5.41) is 0. The molecule has 0 radical (unpaired) electrons. The van der Waals surface area contributed by atoms with Gasteiger partial charge in [0, 0.05) is 13.6 Å². The van der Waals surface area contributed by atoms with Crippen LogP contribution in [0.4, 0.5) is 0 Å².